The van der Waals surface area contributed by atoms with Gasteiger partial charge in [-0.25, -0.2) is 17.9 Å². The highest BCUT2D eigenvalue weighted by Crippen LogP contribution is 2.02. The summed E-state index contributed by atoms with van der Waals surface area (Å²) in [6.07, 6.45) is 0. The van der Waals surface area contributed by atoms with Gasteiger partial charge in [0.25, 0.3) is 0 Å². The normalized spacial score (nSPS) is 11.4. The Hall–Kier alpha value is -1.38. The Morgan fingerprint density at radius 3 is 2.78 bits per heavy atom. The Labute approximate surface area is 106 Å². The highest BCUT2D eigenvalue weighted by atomic mass is 32.2. The van der Waals surface area contributed by atoms with E-state index in [1.165, 1.54) is 14.2 Å². The highest BCUT2D eigenvalue weighted by molar-refractivity contribution is 7.89. The van der Waals surface area contributed by atoms with Crippen molar-refractivity contribution in [3.8, 4) is 0 Å². The molecule has 1 aromatic heterocycles. The summed E-state index contributed by atoms with van der Waals surface area (Å²) in [6, 6.07) is 3.36. The average Bonchev–Trinajstić information content (AvgIpc) is 2.82. The zero-order valence-corrected chi connectivity index (χ0v) is 11.1. The molecule has 0 bridgehead atoms. The van der Waals surface area contributed by atoms with E-state index in [-0.39, 0.29) is 5.75 Å². The van der Waals surface area contributed by atoms with E-state index in [1.54, 1.807) is 12.1 Å². The number of sulfonamides is 1. The predicted molar refractivity (Wildman–Crippen MR) is 66.7 cm³/mol. The minimum Gasteiger partial charge on any atom is -0.464 e. The van der Waals surface area contributed by atoms with Crippen LogP contribution in [0.3, 0.4) is 0 Å². The quantitative estimate of drug-likeness (QED) is 0.457. The maximum absolute atomic E-state index is 11.2. The van der Waals surface area contributed by atoms with E-state index in [2.05, 4.69) is 19.8 Å². The number of nitrogens with one attached hydrogen (secondary N) is 3. The Balaban J connectivity index is 2.36. The van der Waals surface area contributed by atoms with Crippen LogP contribution in [-0.4, -0.2) is 45.8 Å². The van der Waals surface area contributed by atoms with Crippen molar-refractivity contribution in [2.75, 3.05) is 26.5 Å². The summed E-state index contributed by atoms with van der Waals surface area (Å²) in [6.45, 7) is 0.784. The van der Waals surface area contributed by atoms with Crippen molar-refractivity contribution in [2.45, 2.75) is 6.54 Å². The largest absolute Gasteiger partial charge is 0.464 e. The molecule has 0 aliphatic carbocycles. The van der Waals surface area contributed by atoms with Crippen LogP contribution in [0.4, 0.5) is 0 Å². The molecule has 0 aliphatic heterocycles. The van der Waals surface area contributed by atoms with E-state index < -0.39 is 16.0 Å². The molecule has 0 amide bonds. The maximum Gasteiger partial charge on any atom is 0.354 e. The van der Waals surface area contributed by atoms with Gasteiger partial charge < -0.3 is 15.0 Å². The minimum atomic E-state index is -3.18. The maximum atomic E-state index is 11.2. The molecule has 0 aliphatic rings. The van der Waals surface area contributed by atoms with Gasteiger partial charge in [0.2, 0.25) is 10.0 Å². The van der Waals surface area contributed by atoms with Crippen LogP contribution in [0.25, 0.3) is 0 Å². The molecule has 1 heterocycles. The molecule has 0 aromatic carbocycles. The van der Waals surface area contributed by atoms with E-state index >= 15 is 0 Å². The standard InChI is InChI=1S/C10H17N3O4S/c1-11-18(15,16)6-5-12-7-8-3-4-9(13-8)10(14)17-2/h3-4,11-13H,5-7H2,1-2H3. The molecule has 7 nitrogen and oxygen atoms in total. The van der Waals surface area contributed by atoms with Gasteiger partial charge in [0.05, 0.1) is 12.9 Å². The lowest BCUT2D eigenvalue weighted by Gasteiger charge is -2.04. The Kier molecular flexibility index (Phi) is 5.32. The summed E-state index contributed by atoms with van der Waals surface area (Å²) in [5, 5.41) is 2.96. The van der Waals surface area contributed by atoms with Crippen molar-refractivity contribution >= 4 is 16.0 Å². The van der Waals surface area contributed by atoms with Gasteiger partial charge in [-0.15, -0.1) is 0 Å². The number of ether oxygens (including phenoxy) is 1. The molecule has 1 aromatic rings. The second-order valence-corrected chi connectivity index (χ2v) is 5.63. The van der Waals surface area contributed by atoms with Crippen LogP contribution in [0.5, 0.6) is 0 Å². The first-order valence-electron chi connectivity index (χ1n) is 5.36. The van der Waals surface area contributed by atoms with Gasteiger partial charge in [-0.2, -0.15) is 0 Å². The summed E-state index contributed by atoms with van der Waals surface area (Å²) in [7, 11) is -0.496. The van der Waals surface area contributed by atoms with Crippen molar-refractivity contribution in [3.05, 3.63) is 23.5 Å². The molecular formula is C10H17N3O4S. The molecule has 0 saturated carbocycles. The molecule has 1 rings (SSSR count). The van der Waals surface area contributed by atoms with E-state index in [0.717, 1.165) is 5.69 Å². The molecule has 0 unspecified atom stereocenters. The molecule has 18 heavy (non-hydrogen) atoms. The van der Waals surface area contributed by atoms with Crippen LogP contribution in [0, 0.1) is 0 Å². The number of aromatic nitrogens is 1. The van der Waals surface area contributed by atoms with Gasteiger partial charge >= 0.3 is 5.97 Å². The lowest BCUT2D eigenvalue weighted by molar-refractivity contribution is 0.0594. The molecule has 0 spiro atoms. The Morgan fingerprint density at radius 1 is 1.44 bits per heavy atom. The number of aromatic amines is 1. The smallest absolute Gasteiger partial charge is 0.354 e. The average molecular weight is 275 g/mol. The summed E-state index contributed by atoms with van der Waals surface area (Å²) in [5.41, 5.74) is 1.16. The fourth-order valence-electron chi connectivity index (χ4n) is 1.30. The summed E-state index contributed by atoms with van der Waals surface area (Å²) < 4.78 is 29.0. The van der Waals surface area contributed by atoms with Gasteiger partial charge in [-0.3, -0.25) is 0 Å². The second kappa shape index (κ2) is 6.53. The fraction of sp³-hybridized carbons (Fsp3) is 0.500. The lowest BCUT2D eigenvalue weighted by atomic mass is 10.4. The number of H-pyrrole nitrogens is 1. The molecule has 0 radical (unpaired) electrons. The number of rotatable bonds is 7. The Bertz CT molecular complexity index is 495. The first kappa shape index (κ1) is 14.7. The van der Waals surface area contributed by atoms with E-state index in [4.69, 9.17) is 0 Å². The third kappa shape index (κ3) is 4.47. The molecule has 8 heteroatoms. The number of esters is 1. The van der Waals surface area contributed by atoms with Crippen LogP contribution in [0.15, 0.2) is 12.1 Å². The second-order valence-electron chi connectivity index (χ2n) is 3.59. The monoisotopic (exact) mass is 275 g/mol. The summed E-state index contributed by atoms with van der Waals surface area (Å²) in [5.74, 6) is -0.423. The van der Waals surface area contributed by atoms with E-state index in [9.17, 15) is 13.2 Å². The zero-order valence-electron chi connectivity index (χ0n) is 10.3. The number of hydrogen-bond acceptors (Lipinski definition) is 5. The Morgan fingerprint density at radius 2 is 2.17 bits per heavy atom. The lowest BCUT2D eigenvalue weighted by Crippen LogP contribution is -2.29. The molecule has 102 valence electrons. The first-order valence-corrected chi connectivity index (χ1v) is 7.02. The van der Waals surface area contributed by atoms with E-state index in [1.807, 2.05) is 0 Å². The third-order valence-corrected chi connectivity index (χ3v) is 3.69. The van der Waals surface area contributed by atoms with Crippen LogP contribution in [0.2, 0.25) is 0 Å². The minimum absolute atomic E-state index is 0.00800. The summed E-state index contributed by atoms with van der Waals surface area (Å²) in [4.78, 5) is 14.0. The van der Waals surface area contributed by atoms with Crippen molar-refractivity contribution in [1.82, 2.24) is 15.0 Å². The molecule has 0 fully saturated rings. The van der Waals surface area contributed by atoms with Crippen LogP contribution in [-0.2, 0) is 21.3 Å². The van der Waals surface area contributed by atoms with Gasteiger partial charge in [0, 0.05) is 18.8 Å². The molecule has 3 N–H and O–H groups in total. The highest BCUT2D eigenvalue weighted by Gasteiger charge is 2.08. The topological polar surface area (TPSA) is 100 Å². The predicted octanol–water partition coefficient (Wildman–Crippen LogP) is -0.560. The van der Waals surface area contributed by atoms with Crippen molar-refractivity contribution in [3.63, 3.8) is 0 Å². The van der Waals surface area contributed by atoms with Crippen LogP contribution in [0.1, 0.15) is 16.2 Å². The third-order valence-electron chi connectivity index (χ3n) is 2.33. The number of carbonyl (C=O) groups excluding carboxylic acids is 1. The first-order chi connectivity index (χ1) is 8.48. The van der Waals surface area contributed by atoms with Crippen molar-refractivity contribution < 1.29 is 17.9 Å². The zero-order chi connectivity index (χ0) is 13.6. The van der Waals surface area contributed by atoms with Gasteiger partial charge in [-0.1, -0.05) is 0 Å². The van der Waals surface area contributed by atoms with Crippen molar-refractivity contribution in [2.24, 2.45) is 0 Å². The van der Waals surface area contributed by atoms with Gasteiger partial charge in [-0.05, 0) is 19.2 Å². The molecular weight excluding hydrogens is 258 g/mol. The van der Waals surface area contributed by atoms with Crippen molar-refractivity contribution in [1.29, 1.82) is 0 Å². The number of methoxy groups -OCH3 is 1. The van der Waals surface area contributed by atoms with Crippen LogP contribution < -0.4 is 10.0 Å². The fourth-order valence-corrected chi connectivity index (χ4v) is 1.92. The molecule has 0 saturated heterocycles. The van der Waals surface area contributed by atoms with E-state index in [0.29, 0.717) is 18.8 Å². The number of hydrogen-bond donors (Lipinski definition) is 3. The SMILES string of the molecule is CNS(=O)(=O)CCNCc1ccc(C(=O)OC)[nH]1. The van der Waals surface area contributed by atoms with Gasteiger partial charge in [0.15, 0.2) is 0 Å². The number of carbonyl (C=O) groups is 1. The summed E-state index contributed by atoms with van der Waals surface area (Å²) >= 11 is 0. The molecule has 0 atom stereocenters. The van der Waals surface area contributed by atoms with Gasteiger partial charge in [0.1, 0.15) is 5.69 Å². The van der Waals surface area contributed by atoms with Crippen LogP contribution >= 0.6 is 0 Å².